The Balaban J connectivity index is 2.26. The van der Waals surface area contributed by atoms with Gasteiger partial charge in [0, 0.05) is 19.5 Å². The van der Waals surface area contributed by atoms with Crippen LogP contribution in [0, 0.1) is 11.8 Å². The van der Waals surface area contributed by atoms with Crippen LogP contribution in [0.3, 0.4) is 0 Å². The number of nitrogens with one attached hydrogen (secondary N) is 2. The molecule has 17 heavy (non-hydrogen) atoms. The summed E-state index contributed by atoms with van der Waals surface area (Å²) in [5.41, 5.74) is 1.36. The molecule has 1 amide bonds. The molecule has 1 aliphatic heterocycles. The van der Waals surface area contributed by atoms with Crippen LogP contribution in [0.4, 0.5) is 0 Å². The number of hydrogen-bond donors (Lipinski definition) is 2. The van der Waals surface area contributed by atoms with Crippen LogP contribution in [-0.4, -0.2) is 25.5 Å². The first-order chi connectivity index (χ1) is 8.13. The van der Waals surface area contributed by atoms with Crippen molar-refractivity contribution in [1.82, 2.24) is 10.6 Å². The summed E-state index contributed by atoms with van der Waals surface area (Å²) >= 11 is 0. The van der Waals surface area contributed by atoms with Gasteiger partial charge in [0.05, 0.1) is 0 Å². The van der Waals surface area contributed by atoms with E-state index in [9.17, 15) is 4.79 Å². The maximum atomic E-state index is 11.8. The monoisotopic (exact) mass is 238 g/mol. The molecule has 0 aliphatic carbocycles. The molecule has 0 saturated carbocycles. The van der Waals surface area contributed by atoms with Crippen molar-refractivity contribution in [2.45, 2.75) is 40.0 Å². The summed E-state index contributed by atoms with van der Waals surface area (Å²) in [5, 5.41) is 6.31. The molecule has 0 aromatic carbocycles. The first-order valence-electron chi connectivity index (χ1n) is 6.78. The molecule has 1 rings (SSSR count). The van der Waals surface area contributed by atoms with Crippen LogP contribution in [0.5, 0.6) is 0 Å². The van der Waals surface area contributed by atoms with Crippen LogP contribution in [0.25, 0.3) is 0 Å². The fourth-order valence-electron chi connectivity index (χ4n) is 2.20. The molecule has 1 aliphatic rings. The SMILES string of the molecule is CCC(CC(=O)NCC1=CCNCC1)C(C)C. The van der Waals surface area contributed by atoms with Gasteiger partial charge >= 0.3 is 0 Å². The van der Waals surface area contributed by atoms with E-state index in [1.54, 1.807) is 0 Å². The minimum atomic E-state index is 0.199. The van der Waals surface area contributed by atoms with Crippen molar-refractivity contribution >= 4 is 5.91 Å². The van der Waals surface area contributed by atoms with Gasteiger partial charge < -0.3 is 10.6 Å². The molecule has 3 heteroatoms. The van der Waals surface area contributed by atoms with Gasteiger partial charge in [-0.3, -0.25) is 4.79 Å². The Morgan fingerprint density at radius 2 is 2.29 bits per heavy atom. The van der Waals surface area contributed by atoms with Crippen LogP contribution >= 0.6 is 0 Å². The van der Waals surface area contributed by atoms with Crippen LogP contribution in [-0.2, 0) is 4.79 Å². The van der Waals surface area contributed by atoms with Crippen molar-refractivity contribution in [3.63, 3.8) is 0 Å². The molecule has 0 fully saturated rings. The smallest absolute Gasteiger partial charge is 0.220 e. The molecular formula is C14H26N2O. The largest absolute Gasteiger partial charge is 0.352 e. The average Bonchev–Trinajstić information content (AvgIpc) is 2.34. The van der Waals surface area contributed by atoms with Crippen molar-refractivity contribution in [1.29, 1.82) is 0 Å². The molecule has 1 heterocycles. The lowest BCUT2D eigenvalue weighted by atomic mass is 9.90. The van der Waals surface area contributed by atoms with Crippen molar-refractivity contribution < 1.29 is 4.79 Å². The summed E-state index contributed by atoms with van der Waals surface area (Å²) in [7, 11) is 0. The average molecular weight is 238 g/mol. The Morgan fingerprint density at radius 1 is 1.53 bits per heavy atom. The van der Waals surface area contributed by atoms with Gasteiger partial charge in [0.25, 0.3) is 0 Å². The molecule has 0 aromatic heterocycles. The molecule has 0 bridgehead atoms. The van der Waals surface area contributed by atoms with Crippen molar-refractivity contribution in [3.8, 4) is 0 Å². The van der Waals surface area contributed by atoms with Gasteiger partial charge in [0.15, 0.2) is 0 Å². The van der Waals surface area contributed by atoms with Gasteiger partial charge in [-0.2, -0.15) is 0 Å². The second-order valence-electron chi connectivity index (χ2n) is 5.21. The fourth-order valence-corrected chi connectivity index (χ4v) is 2.20. The summed E-state index contributed by atoms with van der Waals surface area (Å²) < 4.78 is 0. The third-order valence-electron chi connectivity index (χ3n) is 3.59. The molecular weight excluding hydrogens is 212 g/mol. The number of carbonyl (C=O) groups excluding carboxylic acids is 1. The van der Waals surface area contributed by atoms with E-state index in [1.807, 2.05) is 0 Å². The van der Waals surface area contributed by atoms with Crippen LogP contribution < -0.4 is 10.6 Å². The van der Waals surface area contributed by atoms with E-state index in [0.717, 1.165) is 32.5 Å². The fraction of sp³-hybridized carbons (Fsp3) is 0.786. The highest BCUT2D eigenvalue weighted by Crippen LogP contribution is 2.18. The highest BCUT2D eigenvalue weighted by Gasteiger charge is 2.15. The van der Waals surface area contributed by atoms with Crippen molar-refractivity contribution in [2.24, 2.45) is 11.8 Å². The Labute approximate surface area is 105 Å². The van der Waals surface area contributed by atoms with Crippen molar-refractivity contribution in [2.75, 3.05) is 19.6 Å². The molecule has 2 N–H and O–H groups in total. The van der Waals surface area contributed by atoms with E-state index in [4.69, 9.17) is 0 Å². The predicted molar refractivity (Wildman–Crippen MR) is 71.8 cm³/mol. The van der Waals surface area contributed by atoms with Crippen LogP contribution in [0.2, 0.25) is 0 Å². The van der Waals surface area contributed by atoms with E-state index in [1.165, 1.54) is 5.57 Å². The third kappa shape index (κ3) is 5.35. The Bertz CT molecular complexity index is 271. The summed E-state index contributed by atoms with van der Waals surface area (Å²) in [5.74, 6) is 1.30. The topological polar surface area (TPSA) is 41.1 Å². The molecule has 0 aromatic rings. The highest BCUT2D eigenvalue weighted by atomic mass is 16.1. The lowest BCUT2D eigenvalue weighted by Gasteiger charge is -2.19. The lowest BCUT2D eigenvalue weighted by Crippen LogP contribution is -2.31. The first-order valence-corrected chi connectivity index (χ1v) is 6.78. The highest BCUT2D eigenvalue weighted by molar-refractivity contribution is 5.76. The summed E-state index contributed by atoms with van der Waals surface area (Å²) in [6.45, 7) is 9.25. The number of rotatable bonds is 6. The minimum Gasteiger partial charge on any atom is -0.352 e. The Kier molecular flexibility index (Phi) is 6.27. The van der Waals surface area contributed by atoms with Crippen molar-refractivity contribution in [3.05, 3.63) is 11.6 Å². The van der Waals surface area contributed by atoms with Gasteiger partial charge in [-0.25, -0.2) is 0 Å². The minimum absolute atomic E-state index is 0.199. The van der Waals surface area contributed by atoms with Gasteiger partial charge in [-0.05, 0) is 24.8 Å². The zero-order chi connectivity index (χ0) is 12.7. The van der Waals surface area contributed by atoms with Gasteiger partial charge in [-0.1, -0.05) is 38.8 Å². The maximum Gasteiger partial charge on any atom is 0.220 e. The summed E-state index contributed by atoms with van der Waals surface area (Å²) in [6.07, 6.45) is 4.99. The summed E-state index contributed by atoms with van der Waals surface area (Å²) in [6, 6.07) is 0. The van der Waals surface area contributed by atoms with E-state index in [0.29, 0.717) is 18.3 Å². The number of amides is 1. The number of hydrogen-bond acceptors (Lipinski definition) is 2. The third-order valence-corrected chi connectivity index (χ3v) is 3.59. The molecule has 0 radical (unpaired) electrons. The standard InChI is InChI=1S/C14H26N2O/c1-4-13(11(2)3)9-14(17)16-10-12-5-7-15-8-6-12/h5,11,13,15H,4,6-10H2,1-3H3,(H,16,17). The van der Waals surface area contributed by atoms with Gasteiger partial charge in [0.2, 0.25) is 5.91 Å². The second kappa shape index (κ2) is 7.49. The van der Waals surface area contributed by atoms with Gasteiger partial charge in [-0.15, -0.1) is 0 Å². The summed E-state index contributed by atoms with van der Waals surface area (Å²) in [4.78, 5) is 11.8. The quantitative estimate of drug-likeness (QED) is 0.696. The van der Waals surface area contributed by atoms with Crippen LogP contribution in [0.15, 0.2) is 11.6 Å². The molecule has 3 nitrogen and oxygen atoms in total. The van der Waals surface area contributed by atoms with Crippen LogP contribution in [0.1, 0.15) is 40.0 Å². The maximum absolute atomic E-state index is 11.8. The van der Waals surface area contributed by atoms with E-state index in [2.05, 4.69) is 37.5 Å². The normalized spacial score (nSPS) is 17.8. The van der Waals surface area contributed by atoms with E-state index in [-0.39, 0.29) is 5.91 Å². The molecule has 0 spiro atoms. The second-order valence-corrected chi connectivity index (χ2v) is 5.21. The zero-order valence-electron chi connectivity index (χ0n) is 11.4. The van der Waals surface area contributed by atoms with E-state index >= 15 is 0 Å². The Morgan fingerprint density at radius 3 is 2.82 bits per heavy atom. The first kappa shape index (κ1) is 14.2. The van der Waals surface area contributed by atoms with Gasteiger partial charge in [0.1, 0.15) is 0 Å². The molecule has 1 atom stereocenters. The molecule has 0 saturated heterocycles. The predicted octanol–water partition coefficient (Wildman–Crippen LogP) is 2.09. The molecule has 1 unspecified atom stereocenters. The lowest BCUT2D eigenvalue weighted by molar-refractivity contribution is -0.122. The van der Waals surface area contributed by atoms with E-state index < -0.39 is 0 Å². The zero-order valence-corrected chi connectivity index (χ0v) is 11.4. The molecule has 98 valence electrons. The number of carbonyl (C=O) groups is 1. The Hall–Kier alpha value is -0.830.